The average Bonchev–Trinajstić information content (AvgIpc) is 3.41. The van der Waals surface area contributed by atoms with E-state index in [0.717, 1.165) is 16.5 Å². The van der Waals surface area contributed by atoms with E-state index in [2.05, 4.69) is 0 Å². The first-order chi connectivity index (χ1) is 14.5. The third kappa shape index (κ3) is 4.13. The Balaban J connectivity index is 1.42. The molecule has 5 unspecified atom stereocenters. The summed E-state index contributed by atoms with van der Waals surface area (Å²) in [6, 6.07) is 9.21. The number of rotatable bonds is 7. The summed E-state index contributed by atoms with van der Waals surface area (Å²) in [5.74, 6) is 0.0940. The summed E-state index contributed by atoms with van der Waals surface area (Å²) >= 11 is 1.21. The molecule has 30 heavy (non-hydrogen) atoms. The number of benzene rings is 1. The highest BCUT2D eigenvalue weighted by Crippen LogP contribution is 2.31. The molecule has 1 aliphatic rings. The summed E-state index contributed by atoms with van der Waals surface area (Å²) in [5.41, 5.74) is 1.80. The summed E-state index contributed by atoms with van der Waals surface area (Å²) in [7, 11) is 0. The van der Waals surface area contributed by atoms with Crippen molar-refractivity contribution in [3.8, 4) is 5.75 Å². The van der Waals surface area contributed by atoms with Crippen LogP contribution in [0.5, 0.6) is 5.75 Å². The van der Waals surface area contributed by atoms with E-state index in [1.807, 2.05) is 24.3 Å². The van der Waals surface area contributed by atoms with Gasteiger partial charge in [0.15, 0.2) is 5.78 Å². The van der Waals surface area contributed by atoms with E-state index in [9.17, 15) is 25.2 Å². The van der Waals surface area contributed by atoms with Gasteiger partial charge in [0.05, 0.1) is 12.9 Å². The SMILES string of the molecule is O=C(CCc1ccc2occc2c1)c1sccc1OC1OC(CO)C(O)C(O)C1O. The maximum absolute atomic E-state index is 12.8. The molecular formula is C21H22O8S. The zero-order valence-electron chi connectivity index (χ0n) is 15.9. The van der Waals surface area contributed by atoms with Crippen molar-refractivity contribution in [1.29, 1.82) is 0 Å². The van der Waals surface area contributed by atoms with Crippen molar-refractivity contribution >= 4 is 28.1 Å². The fourth-order valence-electron chi connectivity index (χ4n) is 3.43. The maximum Gasteiger partial charge on any atom is 0.229 e. The van der Waals surface area contributed by atoms with Crippen LogP contribution in [0.2, 0.25) is 0 Å². The fourth-order valence-corrected chi connectivity index (χ4v) is 4.22. The van der Waals surface area contributed by atoms with E-state index in [1.54, 1.807) is 17.7 Å². The van der Waals surface area contributed by atoms with Crippen molar-refractivity contribution in [3.63, 3.8) is 0 Å². The number of aliphatic hydroxyl groups is 4. The first-order valence-corrected chi connectivity index (χ1v) is 10.4. The highest BCUT2D eigenvalue weighted by atomic mass is 32.1. The smallest absolute Gasteiger partial charge is 0.229 e. The lowest BCUT2D eigenvalue weighted by Gasteiger charge is -2.39. The van der Waals surface area contributed by atoms with Crippen LogP contribution >= 0.6 is 11.3 Å². The molecule has 9 heteroatoms. The summed E-state index contributed by atoms with van der Waals surface area (Å²) in [4.78, 5) is 13.1. The Morgan fingerprint density at radius 1 is 1.10 bits per heavy atom. The molecule has 0 spiro atoms. The van der Waals surface area contributed by atoms with Crippen molar-refractivity contribution in [1.82, 2.24) is 0 Å². The molecule has 2 aromatic heterocycles. The van der Waals surface area contributed by atoms with Crippen LogP contribution in [-0.4, -0.2) is 63.5 Å². The van der Waals surface area contributed by atoms with E-state index in [4.69, 9.17) is 13.9 Å². The van der Waals surface area contributed by atoms with Crippen molar-refractivity contribution in [2.45, 2.75) is 43.5 Å². The first-order valence-electron chi connectivity index (χ1n) is 9.52. The molecule has 1 aromatic carbocycles. The number of ketones is 1. The second kappa shape index (κ2) is 8.84. The minimum absolute atomic E-state index is 0.128. The number of ether oxygens (including phenoxy) is 2. The number of furan rings is 1. The van der Waals surface area contributed by atoms with Crippen molar-refractivity contribution < 1.29 is 39.1 Å². The fraction of sp³-hybridized carbons (Fsp3) is 0.381. The van der Waals surface area contributed by atoms with Crippen LogP contribution in [0.4, 0.5) is 0 Å². The van der Waals surface area contributed by atoms with Gasteiger partial charge >= 0.3 is 0 Å². The lowest BCUT2D eigenvalue weighted by atomic mass is 9.99. The van der Waals surface area contributed by atoms with Gasteiger partial charge in [-0.05, 0) is 41.6 Å². The first kappa shape index (κ1) is 21.0. The Morgan fingerprint density at radius 2 is 1.93 bits per heavy atom. The minimum atomic E-state index is -1.54. The highest BCUT2D eigenvalue weighted by molar-refractivity contribution is 7.12. The van der Waals surface area contributed by atoms with Crippen LogP contribution in [0.25, 0.3) is 11.0 Å². The standard InChI is InChI=1S/C21H22O8S/c22-10-16-17(24)18(25)19(26)21(29-16)28-15-6-8-30-20(15)13(23)3-1-11-2-4-14-12(9-11)5-7-27-14/h2,4-9,16-19,21-22,24-26H,1,3,10H2. The van der Waals surface area contributed by atoms with Crippen LogP contribution in [0.3, 0.4) is 0 Å². The second-order valence-electron chi connectivity index (χ2n) is 7.15. The Kier molecular flexibility index (Phi) is 6.19. The molecule has 5 atom stereocenters. The van der Waals surface area contributed by atoms with Crippen molar-refractivity contribution in [2.75, 3.05) is 6.61 Å². The van der Waals surface area contributed by atoms with Gasteiger partial charge < -0.3 is 34.3 Å². The molecule has 4 rings (SSSR count). The lowest BCUT2D eigenvalue weighted by Crippen LogP contribution is -2.60. The normalized spacial score (nSPS) is 26.7. The third-order valence-electron chi connectivity index (χ3n) is 5.13. The molecule has 1 saturated heterocycles. The quantitative estimate of drug-likeness (QED) is 0.412. The van der Waals surface area contributed by atoms with Crippen LogP contribution in [0.15, 0.2) is 46.4 Å². The molecular weight excluding hydrogens is 412 g/mol. The number of carbonyl (C=O) groups excluding carboxylic acids is 1. The topological polar surface area (TPSA) is 130 Å². The second-order valence-corrected chi connectivity index (χ2v) is 8.06. The Hall–Kier alpha value is -2.27. The molecule has 0 aliphatic carbocycles. The van der Waals surface area contributed by atoms with E-state index >= 15 is 0 Å². The minimum Gasteiger partial charge on any atom is -0.464 e. The van der Waals surface area contributed by atoms with E-state index in [0.29, 0.717) is 11.3 Å². The predicted octanol–water partition coefficient (Wildman–Crippen LogP) is 1.49. The predicted molar refractivity (Wildman–Crippen MR) is 108 cm³/mol. The van der Waals surface area contributed by atoms with E-state index < -0.39 is 37.3 Å². The number of carbonyl (C=O) groups is 1. The van der Waals surface area contributed by atoms with Gasteiger partial charge in [0, 0.05) is 11.8 Å². The number of thiophene rings is 1. The zero-order valence-corrected chi connectivity index (χ0v) is 16.7. The monoisotopic (exact) mass is 434 g/mol. The van der Waals surface area contributed by atoms with Gasteiger partial charge in [-0.15, -0.1) is 11.3 Å². The highest BCUT2D eigenvalue weighted by Gasteiger charge is 2.45. The Labute approximate surface area is 175 Å². The van der Waals surface area contributed by atoms with E-state index in [-0.39, 0.29) is 18.0 Å². The number of Topliss-reactive ketones (excluding diaryl/α,β-unsaturated/α-hetero) is 1. The van der Waals surface area contributed by atoms with Gasteiger partial charge in [-0.1, -0.05) is 6.07 Å². The van der Waals surface area contributed by atoms with Crippen molar-refractivity contribution in [3.05, 3.63) is 52.4 Å². The van der Waals surface area contributed by atoms with Gasteiger partial charge in [0.1, 0.15) is 40.6 Å². The number of hydrogen-bond donors (Lipinski definition) is 4. The molecule has 1 aliphatic heterocycles. The molecule has 3 heterocycles. The Morgan fingerprint density at radius 3 is 2.73 bits per heavy atom. The molecule has 0 saturated carbocycles. The van der Waals surface area contributed by atoms with Crippen LogP contribution < -0.4 is 4.74 Å². The number of aryl methyl sites for hydroxylation is 1. The number of fused-ring (bicyclic) bond motifs is 1. The van der Waals surface area contributed by atoms with Crippen LogP contribution in [0, 0.1) is 0 Å². The summed E-state index contributed by atoms with van der Waals surface area (Å²) < 4.78 is 16.3. The van der Waals surface area contributed by atoms with Gasteiger partial charge in [0.25, 0.3) is 0 Å². The summed E-state index contributed by atoms with van der Waals surface area (Å²) in [6.45, 7) is -0.554. The van der Waals surface area contributed by atoms with Gasteiger partial charge in [-0.2, -0.15) is 0 Å². The maximum atomic E-state index is 12.8. The zero-order chi connectivity index (χ0) is 21.3. The summed E-state index contributed by atoms with van der Waals surface area (Å²) in [5, 5.41) is 41.9. The van der Waals surface area contributed by atoms with Crippen LogP contribution in [-0.2, 0) is 11.2 Å². The molecule has 3 aromatic rings. The van der Waals surface area contributed by atoms with Crippen LogP contribution in [0.1, 0.15) is 21.7 Å². The molecule has 1 fully saturated rings. The molecule has 4 N–H and O–H groups in total. The van der Waals surface area contributed by atoms with Gasteiger partial charge in [-0.3, -0.25) is 4.79 Å². The van der Waals surface area contributed by atoms with Crippen molar-refractivity contribution in [2.24, 2.45) is 0 Å². The summed E-state index contributed by atoms with van der Waals surface area (Å²) in [6.07, 6.45) is -4.54. The largest absolute Gasteiger partial charge is 0.464 e. The number of aliphatic hydroxyl groups excluding tert-OH is 4. The third-order valence-corrected chi connectivity index (χ3v) is 6.07. The lowest BCUT2D eigenvalue weighted by molar-refractivity contribution is -0.277. The number of hydrogen-bond acceptors (Lipinski definition) is 9. The molecule has 0 bridgehead atoms. The molecule has 0 radical (unpaired) electrons. The Bertz CT molecular complexity index is 1010. The van der Waals surface area contributed by atoms with Gasteiger partial charge in [0.2, 0.25) is 6.29 Å². The average molecular weight is 434 g/mol. The molecule has 0 amide bonds. The molecule has 160 valence electrons. The molecule has 8 nitrogen and oxygen atoms in total. The van der Waals surface area contributed by atoms with Gasteiger partial charge in [-0.25, -0.2) is 0 Å². The van der Waals surface area contributed by atoms with E-state index in [1.165, 1.54) is 11.3 Å².